The summed E-state index contributed by atoms with van der Waals surface area (Å²) in [5.74, 6) is 0.523. The zero-order chi connectivity index (χ0) is 17.7. The second kappa shape index (κ2) is 8.83. The van der Waals surface area contributed by atoms with Gasteiger partial charge in [-0.05, 0) is 48.7 Å². The summed E-state index contributed by atoms with van der Waals surface area (Å²) in [7, 11) is 0. The molecule has 0 N–H and O–H groups in total. The minimum absolute atomic E-state index is 0.0438. The molecule has 0 aromatic heterocycles. The van der Waals surface area contributed by atoms with E-state index in [0.29, 0.717) is 34.7 Å². The molecule has 1 heterocycles. The smallest absolute Gasteiger partial charge is 0.229 e. The first-order valence-corrected chi connectivity index (χ1v) is 9.55. The van der Waals surface area contributed by atoms with Crippen LogP contribution in [-0.4, -0.2) is 40.0 Å². The maximum absolute atomic E-state index is 12.3. The highest BCUT2D eigenvalue weighted by Gasteiger charge is 2.36. The number of nitrogens with zero attached hydrogens (tertiary/aromatic N) is 1. The average molecular weight is 386 g/mol. The fraction of sp³-hybridized carbons (Fsp3) is 0.471. The summed E-state index contributed by atoms with van der Waals surface area (Å²) in [5.41, 5.74) is 1.06. The van der Waals surface area contributed by atoms with Crippen LogP contribution in [0.5, 0.6) is 0 Å². The lowest BCUT2D eigenvalue weighted by Crippen LogP contribution is -2.46. The number of benzene rings is 1. The van der Waals surface area contributed by atoms with Gasteiger partial charge in [0.2, 0.25) is 16.2 Å². The number of hydrogen-bond acceptors (Lipinski definition) is 5. The monoisotopic (exact) mass is 385 g/mol. The number of piperidine rings is 1. The van der Waals surface area contributed by atoms with Crippen LogP contribution in [0.3, 0.4) is 0 Å². The molecule has 1 aliphatic heterocycles. The van der Waals surface area contributed by atoms with Gasteiger partial charge in [-0.3, -0.25) is 14.5 Å². The lowest BCUT2D eigenvalue weighted by molar-refractivity contribution is -0.147. The quantitative estimate of drug-likeness (QED) is 0.736. The van der Waals surface area contributed by atoms with Crippen LogP contribution >= 0.6 is 35.6 Å². The SMILES string of the molecule is CCOC(=S)SC[C@@H]1CN(C(C)=O)C(=O)C[C@H]1c1ccc(Cl)cc1. The summed E-state index contributed by atoms with van der Waals surface area (Å²) < 4.78 is 5.81. The van der Waals surface area contributed by atoms with Gasteiger partial charge in [0.15, 0.2) is 0 Å². The number of rotatable bonds is 4. The highest BCUT2D eigenvalue weighted by Crippen LogP contribution is 2.36. The lowest BCUT2D eigenvalue weighted by atomic mass is 9.81. The van der Waals surface area contributed by atoms with Gasteiger partial charge in [0.25, 0.3) is 0 Å². The maximum atomic E-state index is 12.3. The summed E-state index contributed by atoms with van der Waals surface area (Å²) in [6, 6.07) is 7.55. The molecular weight excluding hydrogens is 366 g/mol. The molecule has 0 radical (unpaired) electrons. The first-order valence-electron chi connectivity index (χ1n) is 7.78. The molecule has 24 heavy (non-hydrogen) atoms. The number of thioether (sulfide) groups is 1. The summed E-state index contributed by atoms with van der Waals surface area (Å²) in [6.45, 7) is 4.26. The van der Waals surface area contributed by atoms with Gasteiger partial charge in [0, 0.05) is 30.7 Å². The fourth-order valence-electron chi connectivity index (χ4n) is 2.84. The van der Waals surface area contributed by atoms with Gasteiger partial charge in [0.05, 0.1) is 6.61 Å². The van der Waals surface area contributed by atoms with Crippen LogP contribution in [0.1, 0.15) is 31.7 Å². The van der Waals surface area contributed by atoms with Crippen molar-refractivity contribution in [3.63, 3.8) is 0 Å². The molecule has 0 bridgehead atoms. The second-order valence-electron chi connectivity index (χ2n) is 5.64. The zero-order valence-electron chi connectivity index (χ0n) is 13.7. The number of halogens is 1. The summed E-state index contributed by atoms with van der Waals surface area (Å²) in [4.78, 5) is 25.3. The van der Waals surface area contributed by atoms with Crippen molar-refractivity contribution >= 4 is 51.8 Å². The Morgan fingerprint density at radius 1 is 1.42 bits per heavy atom. The van der Waals surface area contributed by atoms with Gasteiger partial charge in [-0.25, -0.2) is 0 Å². The molecule has 1 aromatic carbocycles. The van der Waals surface area contributed by atoms with Gasteiger partial charge in [-0.2, -0.15) is 0 Å². The van der Waals surface area contributed by atoms with Crippen LogP contribution in [0, 0.1) is 5.92 Å². The topological polar surface area (TPSA) is 46.6 Å². The summed E-state index contributed by atoms with van der Waals surface area (Å²) in [5, 5.41) is 0.662. The third-order valence-corrected chi connectivity index (χ3v) is 5.71. The molecule has 1 saturated heterocycles. The van der Waals surface area contributed by atoms with Crippen LogP contribution in [0.15, 0.2) is 24.3 Å². The molecule has 0 aliphatic carbocycles. The lowest BCUT2D eigenvalue weighted by Gasteiger charge is -2.37. The summed E-state index contributed by atoms with van der Waals surface area (Å²) in [6.07, 6.45) is 0.313. The van der Waals surface area contributed by atoms with Gasteiger partial charge in [-0.1, -0.05) is 35.5 Å². The largest absolute Gasteiger partial charge is 0.479 e. The van der Waals surface area contributed by atoms with Crippen molar-refractivity contribution in [2.75, 3.05) is 18.9 Å². The normalized spacial score (nSPS) is 20.8. The maximum Gasteiger partial charge on any atom is 0.229 e. The van der Waals surface area contributed by atoms with E-state index in [0.717, 1.165) is 5.56 Å². The molecule has 0 unspecified atom stereocenters. The molecule has 1 aliphatic rings. The molecule has 1 fully saturated rings. The van der Waals surface area contributed by atoms with E-state index in [1.54, 1.807) is 0 Å². The number of ether oxygens (including phenoxy) is 1. The fourth-order valence-corrected chi connectivity index (χ4v) is 4.17. The standard InChI is InChI=1S/C17H20ClNO3S2/c1-3-22-17(23)24-10-13-9-19(11(2)20)16(21)8-15(13)12-4-6-14(18)7-5-12/h4-7,13,15H,3,8-10H2,1-2H3/t13-,15-/m0/s1. The molecule has 2 rings (SSSR count). The predicted molar refractivity (Wildman–Crippen MR) is 101 cm³/mol. The zero-order valence-corrected chi connectivity index (χ0v) is 16.0. The molecule has 2 atom stereocenters. The average Bonchev–Trinajstić information content (AvgIpc) is 2.54. The number of likely N-dealkylation sites (tertiary alicyclic amines) is 1. The molecule has 130 valence electrons. The Hall–Kier alpha value is -1.11. The number of amides is 2. The van der Waals surface area contributed by atoms with E-state index in [-0.39, 0.29) is 23.7 Å². The highest BCUT2D eigenvalue weighted by molar-refractivity contribution is 8.22. The molecule has 1 aromatic rings. The Balaban J connectivity index is 2.17. The van der Waals surface area contributed by atoms with Crippen molar-refractivity contribution in [3.8, 4) is 0 Å². The Morgan fingerprint density at radius 3 is 2.67 bits per heavy atom. The van der Waals surface area contributed by atoms with Crippen molar-refractivity contribution in [2.24, 2.45) is 5.92 Å². The van der Waals surface area contributed by atoms with Gasteiger partial charge >= 0.3 is 0 Å². The Morgan fingerprint density at radius 2 is 2.08 bits per heavy atom. The van der Waals surface area contributed by atoms with Crippen molar-refractivity contribution in [3.05, 3.63) is 34.9 Å². The summed E-state index contributed by atoms with van der Waals surface area (Å²) >= 11 is 12.6. The Kier molecular flexibility index (Phi) is 7.07. The van der Waals surface area contributed by atoms with E-state index in [9.17, 15) is 9.59 Å². The van der Waals surface area contributed by atoms with Gasteiger partial charge < -0.3 is 4.74 Å². The van der Waals surface area contributed by atoms with Crippen molar-refractivity contribution < 1.29 is 14.3 Å². The molecular formula is C17H20ClNO3S2. The van der Waals surface area contributed by atoms with E-state index < -0.39 is 0 Å². The van der Waals surface area contributed by atoms with Crippen molar-refractivity contribution in [1.82, 2.24) is 4.90 Å². The van der Waals surface area contributed by atoms with Gasteiger partial charge in [0.1, 0.15) is 0 Å². The minimum Gasteiger partial charge on any atom is -0.479 e. The number of carbonyl (C=O) groups is 2. The molecule has 2 amide bonds. The number of thiocarbonyl (C=S) groups is 1. The van der Waals surface area contributed by atoms with E-state index in [1.807, 2.05) is 31.2 Å². The van der Waals surface area contributed by atoms with Crippen LogP contribution in [0.4, 0.5) is 0 Å². The number of carbonyl (C=O) groups excluding carboxylic acids is 2. The van der Waals surface area contributed by atoms with E-state index in [1.165, 1.54) is 23.6 Å². The van der Waals surface area contributed by atoms with Crippen LogP contribution in [-0.2, 0) is 14.3 Å². The van der Waals surface area contributed by atoms with E-state index in [2.05, 4.69) is 0 Å². The second-order valence-corrected chi connectivity index (χ2v) is 7.70. The number of hydrogen-bond donors (Lipinski definition) is 0. The van der Waals surface area contributed by atoms with Crippen molar-refractivity contribution in [2.45, 2.75) is 26.2 Å². The molecule has 0 spiro atoms. The molecule has 4 nitrogen and oxygen atoms in total. The highest BCUT2D eigenvalue weighted by atomic mass is 35.5. The van der Waals surface area contributed by atoms with Gasteiger partial charge in [-0.15, -0.1) is 0 Å². The minimum atomic E-state index is -0.211. The van der Waals surface area contributed by atoms with Crippen LogP contribution < -0.4 is 0 Å². The van der Waals surface area contributed by atoms with Crippen LogP contribution in [0.25, 0.3) is 0 Å². The molecule has 7 heteroatoms. The van der Waals surface area contributed by atoms with E-state index in [4.69, 9.17) is 28.6 Å². The third-order valence-electron chi connectivity index (χ3n) is 4.04. The predicted octanol–water partition coefficient (Wildman–Crippen LogP) is 3.87. The van der Waals surface area contributed by atoms with Crippen molar-refractivity contribution in [1.29, 1.82) is 0 Å². The Bertz CT molecular complexity index is 621. The number of imide groups is 1. The Labute approximate surface area is 156 Å². The first kappa shape index (κ1) is 19.2. The first-order chi connectivity index (χ1) is 11.4. The van der Waals surface area contributed by atoms with Crippen LogP contribution in [0.2, 0.25) is 5.02 Å². The molecule has 0 saturated carbocycles. The third kappa shape index (κ3) is 4.94. The van der Waals surface area contributed by atoms with E-state index >= 15 is 0 Å².